The number of Topliss-reactive ketones (excluding diaryl/α,β-unsaturated/α-hetero) is 2. The van der Waals surface area contributed by atoms with Crippen LogP contribution in [-0.2, 0) is 22.6 Å². The number of allylic oxidation sites excluding steroid dienone is 1. The Balaban J connectivity index is 1.62. The van der Waals surface area contributed by atoms with Crippen molar-refractivity contribution >= 4 is 34.8 Å². The summed E-state index contributed by atoms with van der Waals surface area (Å²) in [5, 5.41) is 58.1. The second kappa shape index (κ2) is 11.2. The van der Waals surface area contributed by atoms with E-state index < -0.39 is 63.8 Å². The summed E-state index contributed by atoms with van der Waals surface area (Å²) < 4.78 is 0. The summed E-state index contributed by atoms with van der Waals surface area (Å²) in [6, 6.07) is 9.75. The van der Waals surface area contributed by atoms with Gasteiger partial charge in [0.15, 0.2) is 17.1 Å². The van der Waals surface area contributed by atoms with Gasteiger partial charge in [0.05, 0.1) is 11.6 Å². The zero-order valence-corrected chi connectivity index (χ0v) is 25.3. The van der Waals surface area contributed by atoms with Crippen molar-refractivity contribution in [2.24, 2.45) is 23.4 Å². The van der Waals surface area contributed by atoms with Crippen LogP contribution in [0.2, 0.25) is 0 Å². The average Bonchev–Trinajstić information content (AvgIpc) is 2.97. The van der Waals surface area contributed by atoms with Crippen LogP contribution in [0, 0.1) is 17.2 Å². The lowest BCUT2D eigenvalue weighted by atomic mass is 9.58. The number of primary amides is 1. The van der Waals surface area contributed by atoms with Gasteiger partial charge in [-0.25, -0.2) is 10.9 Å². The lowest BCUT2D eigenvalue weighted by molar-refractivity contribution is -0.148. The van der Waals surface area contributed by atoms with E-state index in [0.29, 0.717) is 11.3 Å². The Hall–Kier alpha value is -4.92. The number of fused-ring (bicyclic) bond motifs is 3. The number of anilines is 2. The molecule has 0 bridgehead atoms. The van der Waals surface area contributed by atoms with Crippen LogP contribution < -0.4 is 26.8 Å². The maximum Gasteiger partial charge on any atom is 0.255 e. The fourth-order valence-corrected chi connectivity index (χ4v) is 6.85. The van der Waals surface area contributed by atoms with Gasteiger partial charge in [0, 0.05) is 37.8 Å². The first kappa shape index (κ1) is 31.5. The van der Waals surface area contributed by atoms with Gasteiger partial charge in [-0.05, 0) is 50.0 Å². The van der Waals surface area contributed by atoms with E-state index in [9.17, 15) is 34.8 Å². The van der Waals surface area contributed by atoms with E-state index in [-0.39, 0.29) is 42.2 Å². The molecule has 45 heavy (non-hydrogen) atoms. The molecular formula is C31H37N7O7. The number of nitrogens with zero attached hydrogens (tertiary/aromatic N) is 3. The Bertz CT molecular complexity index is 1680. The highest BCUT2D eigenvalue weighted by Crippen LogP contribution is 2.54. The molecule has 0 saturated carbocycles. The van der Waals surface area contributed by atoms with E-state index in [0.717, 1.165) is 10.6 Å². The number of aliphatic hydroxyl groups is 3. The molecule has 3 aliphatic carbocycles. The zero-order valence-electron chi connectivity index (χ0n) is 25.3. The summed E-state index contributed by atoms with van der Waals surface area (Å²) in [4.78, 5) is 43.2. The molecule has 0 heterocycles. The fourth-order valence-electron chi connectivity index (χ4n) is 6.85. The SMILES string of the molecule is CN(C)c1cc(N(N)C(=N)NCc2ccccc2)c(O)c2c1C[C@H]1C[C@H]3C(N(C)C)C(O)=C(C(N)=O)C(=O)[C@@]3(O)C(O)=C1C2=O. The van der Waals surface area contributed by atoms with Gasteiger partial charge in [-0.1, -0.05) is 30.3 Å². The summed E-state index contributed by atoms with van der Waals surface area (Å²) in [6.45, 7) is 0.264. The summed E-state index contributed by atoms with van der Waals surface area (Å²) in [6.07, 6.45) is 0.0857. The van der Waals surface area contributed by atoms with Crippen LogP contribution in [-0.4, -0.2) is 88.6 Å². The number of carbonyl (C=O) groups is 3. The Labute approximate surface area is 259 Å². The number of amides is 1. The van der Waals surface area contributed by atoms with Gasteiger partial charge < -0.3 is 36.4 Å². The molecule has 0 fully saturated rings. The quantitative estimate of drug-likeness (QED) is 0.0730. The number of nitrogens with two attached hydrogens (primary N) is 2. The minimum atomic E-state index is -2.74. The van der Waals surface area contributed by atoms with Gasteiger partial charge in [0.2, 0.25) is 11.7 Å². The van der Waals surface area contributed by atoms with E-state index in [1.165, 1.54) is 4.90 Å². The molecule has 10 N–H and O–H groups in total. The van der Waals surface area contributed by atoms with Crippen molar-refractivity contribution in [2.45, 2.75) is 31.0 Å². The van der Waals surface area contributed by atoms with E-state index >= 15 is 0 Å². The number of aromatic hydroxyl groups is 1. The van der Waals surface area contributed by atoms with Crippen molar-refractivity contribution in [1.29, 1.82) is 5.41 Å². The number of hydrazine groups is 1. The molecule has 0 radical (unpaired) electrons. The molecule has 0 aliphatic heterocycles. The number of nitrogens with one attached hydrogen (secondary N) is 2. The number of hydrogen-bond acceptors (Lipinski definition) is 11. The molecule has 2 aromatic carbocycles. The van der Waals surface area contributed by atoms with Gasteiger partial charge >= 0.3 is 0 Å². The van der Waals surface area contributed by atoms with Gasteiger partial charge in [0.25, 0.3) is 5.91 Å². The molecule has 1 amide bonds. The third kappa shape index (κ3) is 4.77. The van der Waals surface area contributed by atoms with Crippen molar-refractivity contribution in [3.05, 3.63) is 75.8 Å². The maximum absolute atomic E-state index is 14.2. The van der Waals surface area contributed by atoms with Crippen LogP contribution in [0.4, 0.5) is 11.4 Å². The van der Waals surface area contributed by atoms with Gasteiger partial charge in [-0.3, -0.25) is 24.7 Å². The minimum Gasteiger partial charge on any atom is -0.510 e. The highest BCUT2D eigenvalue weighted by Gasteiger charge is 2.63. The second-order valence-corrected chi connectivity index (χ2v) is 12.0. The molecule has 3 aliphatic rings. The first-order chi connectivity index (χ1) is 21.1. The molecule has 0 aromatic heterocycles. The number of phenols is 1. The molecular weight excluding hydrogens is 582 g/mol. The Kier molecular flexibility index (Phi) is 7.85. The first-order valence-corrected chi connectivity index (χ1v) is 14.2. The second-order valence-electron chi connectivity index (χ2n) is 12.0. The summed E-state index contributed by atoms with van der Waals surface area (Å²) >= 11 is 0. The van der Waals surface area contributed by atoms with Crippen molar-refractivity contribution in [3.8, 4) is 5.75 Å². The highest BCUT2D eigenvalue weighted by molar-refractivity contribution is 6.25. The smallest absolute Gasteiger partial charge is 0.255 e. The maximum atomic E-state index is 14.2. The Morgan fingerprint density at radius 3 is 2.31 bits per heavy atom. The van der Waals surface area contributed by atoms with E-state index in [1.807, 2.05) is 30.3 Å². The summed E-state index contributed by atoms with van der Waals surface area (Å²) in [5.74, 6) is -1.45. The molecule has 14 nitrogen and oxygen atoms in total. The Morgan fingerprint density at radius 2 is 1.73 bits per heavy atom. The molecule has 0 spiro atoms. The van der Waals surface area contributed by atoms with Crippen LogP contribution in [0.25, 0.3) is 0 Å². The molecule has 1 unspecified atom stereocenters. The minimum absolute atomic E-state index is 0.0296. The van der Waals surface area contributed by atoms with E-state index in [4.69, 9.17) is 17.0 Å². The zero-order chi connectivity index (χ0) is 33.1. The predicted molar refractivity (Wildman–Crippen MR) is 166 cm³/mol. The van der Waals surface area contributed by atoms with Crippen molar-refractivity contribution in [1.82, 2.24) is 10.2 Å². The molecule has 14 heteroatoms. The number of ketones is 2. The summed E-state index contributed by atoms with van der Waals surface area (Å²) in [5.41, 5.74) is 3.05. The number of rotatable bonds is 6. The van der Waals surface area contributed by atoms with Crippen LogP contribution in [0.3, 0.4) is 0 Å². The van der Waals surface area contributed by atoms with Crippen LogP contribution in [0.1, 0.15) is 27.9 Å². The van der Waals surface area contributed by atoms with Crippen LogP contribution >= 0.6 is 0 Å². The number of aliphatic hydroxyl groups excluding tert-OH is 2. The average molecular weight is 620 g/mol. The lowest BCUT2D eigenvalue weighted by Gasteiger charge is -2.50. The van der Waals surface area contributed by atoms with E-state index in [1.54, 1.807) is 39.2 Å². The Morgan fingerprint density at radius 1 is 1.09 bits per heavy atom. The topological polar surface area (TPSA) is 230 Å². The molecule has 0 saturated heterocycles. The molecule has 5 rings (SSSR count). The third-order valence-corrected chi connectivity index (χ3v) is 8.96. The highest BCUT2D eigenvalue weighted by atomic mass is 16.3. The van der Waals surface area contributed by atoms with Crippen molar-refractivity contribution < 1.29 is 34.8 Å². The lowest BCUT2D eigenvalue weighted by Crippen LogP contribution is -2.63. The van der Waals surface area contributed by atoms with Crippen molar-refractivity contribution in [2.75, 3.05) is 38.1 Å². The van der Waals surface area contributed by atoms with Crippen LogP contribution in [0.5, 0.6) is 5.75 Å². The molecule has 238 valence electrons. The normalized spacial score (nSPS) is 24.2. The van der Waals surface area contributed by atoms with Crippen LogP contribution in [0.15, 0.2) is 59.1 Å². The number of hydrogen-bond donors (Lipinski definition) is 8. The van der Waals surface area contributed by atoms with Gasteiger partial charge in [0.1, 0.15) is 22.8 Å². The number of phenolic OH excluding ortho intramolecular Hbond substituents is 1. The molecule has 2 aromatic rings. The monoisotopic (exact) mass is 619 g/mol. The third-order valence-electron chi connectivity index (χ3n) is 8.96. The number of benzene rings is 2. The van der Waals surface area contributed by atoms with Gasteiger partial charge in [-0.15, -0.1) is 0 Å². The predicted octanol–water partition coefficient (Wildman–Crippen LogP) is 0.591. The number of carbonyl (C=O) groups excluding carboxylic acids is 3. The number of guanidine groups is 1. The fraction of sp³-hybridized carbons (Fsp3) is 0.355. The van der Waals surface area contributed by atoms with E-state index in [2.05, 4.69) is 5.32 Å². The first-order valence-electron chi connectivity index (χ1n) is 14.2. The van der Waals surface area contributed by atoms with Crippen molar-refractivity contribution in [3.63, 3.8) is 0 Å². The number of likely N-dealkylation sites (N-methyl/N-ethyl adjacent to an activating group) is 1. The summed E-state index contributed by atoms with van der Waals surface area (Å²) in [7, 11) is 6.61. The molecule has 4 atom stereocenters. The standard InChI is InChI=1S/C31H37N7O7/c1-36(2)18-12-19(38(34)30(33)35-13-14-8-6-5-7-9-14)24(39)21-16(18)10-15-11-17-23(37(3)4)26(41)22(29(32)44)28(43)31(17,45)27(42)20(15)25(21)40/h5-9,12,15,17,23,39,41-42,45H,10-11,13,34H2,1-4H3,(H2,32,44)(H2,33,35)/t15-,17-,23?,31-/m0/s1. The largest absolute Gasteiger partial charge is 0.510 e. The van der Waals surface area contributed by atoms with Gasteiger partial charge in [-0.2, -0.15) is 0 Å².